The molecule has 1 aliphatic rings. The van der Waals surface area contributed by atoms with Gasteiger partial charge in [0.05, 0.1) is 17.5 Å². The van der Waals surface area contributed by atoms with Gasteiger partial charge in [0.1, 0.15) is 6.04 Å². The Balaban J connectivity index is 2.11. The van der Waals surface area contributed by atoms with Crippen molar-refractivity contribution in [3.63, 3.8) is 0 Å². The molecule has 1 aromatic carbocycles. The molecule has 5 nitrogen and oxygen atoms in total. The molecule has 6 heteroatoms. The molecule has 0 bridgehead atoms. The van der Waals surface area contributed by atoms with E-state index < -0.39 is 6.04 Å². The first kappa shape index (κ1) is 16.4. The molecule has 0 unspecified atom stereocenters. The van der Waals surface area contributed by atoms with Gasteiger partial charge in [-0.25, -0.2) is 0 Å². The summed E-state index contributed by atoms with van der Waals surface area (Å²) in [6.07, 6.45) is 0. The number of nitriles is 1. The van der Waals surface area contributed by atoms with Crippen molar-refractivity contribution in [1.82, 2.24) is 10.2 Å². The molecule has 1 aromatic rings. The zero-order valence-electron chi connectivity index (χ0n) is 12.7. The van der Waals surface area contributed by atoms with Crippen LogP contribution in [0, 0.1) is 17.2 Å². The second kappa shape index (κ2) is 7.32. The fraction of sp³-hybridized carbons (Fsp3) is 0.438. The zero-order chi connectivity index (χ0) is 16.1. The third-order valence-corrected chi connectivity index (χ3v) is 4.38. The van der Waals surface area contributed by atoms with Crippen molar-refractivity contribution in [3.8, 4) is 6.07 Å². The largest absolute Gasteiger partial charge is 0.354 e. The van der Waals surface area contributed by atoms with Crippen LogP contribution in [0.25, 0.3) is 0 Å². The molecule has 2 amide bonds. The molecule has 0 aliphatic carbocycles. The van der Waals surface area contributed by atoms with E-state index in [1.807, 2.05) is 19.9 Å². The molecule has 0 saturated carbocycles. The van der Waals surface area contributed by atoms with Gasteiger partial charge in [-0.3, -0.25) is 9.59 Å². The summed E-state index contributed by atoms with van der Waals surface area (Å²) in [4.78, 5) is 26.4. The Morgan fingerprint density at radius 2 is 2.27 bits per heavy atom. The first-order chi connectivity index (χ1) is 10.5. The third kappa shape index (κ3) is 3.80. The van der Waals surface area contributed by atoms with Gasteiger partial charge < -0.3 is 10.2 Å². The molecule has 1 atom stereocenters. The highest BCUT2D eigenvalue weighted by molar-refractivity contribution is 7.99. The molecule has 0 radical (unpaired) electrons. The van der Waals surface area contributed by atoms with E-state index in [-0.39, 0.29) is 11.8 Å². The van der Waals surface area contributed by atoms with Crippen molar-refractivity contribution >= 4 is 23.6 Å². The molecule has 1 saturated heterocycles. The number of nitrogens with one attached hydrogen (secondary N) is 1. The topological polar surface area (TPSA) is 73.2 Å². The molecule has 2 rings (SSSR count). The average molecular weight is 317 g/mol. The SMILES string of the molecule is CC(C)CNC(=O)[C@@H]1CSCN1C(=O)c1cccc(C#N)c1. The van der Waals surface area contributed by atoms with Crippen LogP contribution >= 0.6 is 11.8 Å². The van der Waals surface area contributed by atoms with E-state index in [1.165, 1.54) is 0 Å². The highest BCUT2D eigenvalue weighted by Gasteiger charge is 2.35. The maximum Gasteiger partial charge on any atom is 0.255 e. The van der Waals surface area contributed by atoms with Crippen molar-refractivity contribution in [2.75, 3.05) is 18.2 Å². The van der Waals surface area contributed by atoms with Crippen LogP contribution in [0.2, 0.25) is 0 Å². The zero-order valence-corrected chi connectivity index (χ0v) is 13.5. The van der Waals surface area contributed by atoms with Crippen LogP contribution < -0.4 is 5.32 Å². The maximum absolute atomic E-state index is 12.6. The van der Waals surface area contributed by atoms with Gasteiger partial charge in [0, 0.05) is 17.9 Å². The van der Waals surface area contributed by atoms with Crippen LogP contribution in [0.15, 0.2) is 24.3 Å². The Hall–Kier alpha value is -2.00. The van der Waals surface area contributed by atoms with Crippen LogP contribution in [0.4, 0.5) is 0 Å². The quantitative estimate of drug-likeness (QED) is 0.920. The van der Waals surface area contributed by atoms with Crippen molar-refractivity contribution in [3.05, 3.63) is 35.4 Å². The van der Waals surface area contributed by atoms with E-state index in [0.717, 1.165) is 0 Å². The monoisotopic (exact) mass is 317 g/mol. The summed E-state index contributed by atoms with van der Waals surface area (Å²) in [5.41, 5.74) is 0.890. The van der Waals surface area contributed by atoms with Crippen LogP contribution in [-0.2, 0) is 4.79 Å². The lowest BCUT2D eigenvalue weighted by molar-refractivity contribution is -0.124. The molecule has 0 aromatic heterocycles. The molecule has 22 heavy (non-hydrogen) atoms. The van der Waals surface area contributed by atoms with E-state index in [9.17, 15) is 9.59 Å². The summed E-state index contributed by atoms with van der Waals surface area (Å²) in [6, 6.07) is 8.16. The van der Waals surface area contributed by atoms with E-state index in [4.69, 9.17) is 5.26 Å². The molecule has 1 aliphatic heterocycles. The van der Waals surface area contributed by atoms with Crippen LogP contribution in [0.1, 0.15) is 29.8 Å². The van der Waals surface area contributed by atoms with Crippen LogP contribution in [0.3, 0.4) is 0 Å². The fourth-order valence-corrected chi connectivity index (χ4v) is 3.32. The second-order valence-corrected chi connectivity index (χ2v) is 6.62. The number of hydrogen-bond donors (Lipinski definition) is 1. The van der Waals surface area contributed by atoms with Gasteiger partial charge in [-0.2, -0.15) is 5.26 Å². The molecule has 1 N–H and O–H groups in total. The van der Waals surface area contributed by atoms with Crippen molar-refractivity contribution in [2.45, 2.75) is 19.9 Å². The molecule has 116 valence electrons. The summed E-state index contributed by atoms with van der Waals surface area (Å²) >= 11 is 1.57. The minimum Gasteiger partial charge on any atom is -0.354 e. The Kier molecular flexibility index (Phi) is 5.45. The van der Waals surface area contributed by atoms with Crippen LogP contribution in [-0.4, -0.2) is 40.9 Å². The second-order valence-electron chi connectivity index (χ2n) is 5.62. The highest BCUT2D eigenvalue weighted by atomic mass is 32.2. The smallest absolute Gasteiger partial charge is 0.255 e. The predicted octanol–water partition coefficient (Wildman–Crippen LogP) is 1.85. The maximum atomic E-state index is 12.6. The molecule has 1 fully saturated rings. The minimum atomic E-state index is -0.443. The number of carbonyl (C=O) groups excluding carboxylic acids is 2. The van der Waals surface area contributed by atoms with Gasteiger partial charge in [-0.15, -0.1) is 11.8 Å². The summed E-state index contributed by atoms with van der Waals surface area (Å²) in [5.74, 6) is 1.16. The Morgan fingerprint density at radius 1 is 1.50 bits per heavy atom. The van der Waals surface area contributed by atoms with E-state index in [0.29, 0.717) is 35.2 Å². The van der Waals surface area contributed by atoms with Gasteiger partial charge in [0.15, 0.2) is 0 Å². The number of amides is 2. The van der Waals surface area contributed by atoms with E-state index in [2.05, 4.69) is 5.32 Å². The standard InChI is InChI=1S/C16H19N3O2S/c1-11(2)8-18-15(20)14-9-22-10-19(14)16(21)13-5-3-4-12(6-13)7-17/h3-6,11,14H,8-10H2,1-2H3,(H,18,20)/t14-/m0/s1. The first-order valence-corrected chi connectivity index (χ1v) is 8.35. The van der Waals surface area contributed by atoms with Gasteiger partial charge in [0.2, 0.25) is 5.91 Å². The Morgan fingerprint density at radius 3 is 2.95 bits per heavy atom. The highest BCUT2D eigenvalue weighted by Crippen LogP contribution is 2.23. The van der Waals surface area contributed by atoms with Crippen LogP contribution in [0.5, 0.6) is 0 Å². The summed E-state index contributed by atoms with van der Waals surface area (Å²) < 4.78 is 0. The van der Waals surface area contributed by atoms with Crippen molar-refractivity contribution in [1.29, 1.82) is 5.26 Å². The number of hydrogen-bond acceptors (Lipinski definition) is 4. The molecular formula is C16H19N3O2S. The lowest BCUT2D eigenvalue weighted by Crippen LogP contribution is -2.47. The lowest BCUT2D eigenvalue weighted by atomic mass is 10.1. The average Bonchev–Trinajstić information content (AvgIpc) is 3.01. The Labute approximate surface area is 134 Å². The third-order valence-electron chi connectivity index (χ3n) is 3.37. The lowest BCUT2D eigenvalue weighted by Gasteiger charge is -2.23. The molecular weight excluding hydrogens is 298 g/mol. The van der Waals surface area contributed by atoms with Gasteiger partial charge >= 0.3 is 0 Å². The van der Waals surface area contributed by atoms with Gasteiger partial charge in [-0.05, 0) is 24.1 Å². The number of rotatable bonds is 4. The van der Waals surface area contributed by atoms with E-state index >= 15 is 0 Å². The summed E-state index contributed by atoms with van der Waals surface area (Å²) in [7, 11) is 0. The summed E-state index contributed by atoms with van der Waals surface area (Å²) in [5, 5.41) is 11.8. The molecule has 1 heterocycles. The summed E-state index contributed by atoms with van der Waals surface area (Å²) in [6.45, 7) is 4.66. The van der Waals surface area contributed by atoms with Crippen molar-refractivity contribution < 1.29 is 9.59 Å². The Bertz CT molecular complexity index is 610. The number of nitrogens with zero attached hydrogens (tertiary/aromatic N) is 2. The van der Waals surface area contributed by atoms with Crippen molar-refractivity contribution in [2.24, 2.45) is 5.92 Å². The fourth-order valence-electron chi connectivity index (χ4n) is 2.17. The minimum absolute atomic E-state index is 0.108. The van der Waals surface area contributed by atoms with Gasteiger partial charge in [0.25, 0.3) is 5.91 Å². The van der Waals surface area contributed by atoms with Gasteiger partial charge in [-0.1, -0.05) is 19.9 Å². The van der Waals surface area contributed by atoms with E-state index in [1.54, 1.807) is 40.9 Å². The number of benzene rings is 1. The normalized spacial score (nSPS) is 17.4. The number of carbonyl (C=O) groups is 2. The predicted molar refractivity (Wildman–Crippen MR) is 86.3 cm³/mol. The first-order valence-electron chi connectivity index (χ1n) is 7.19. The number of thioether (sulfide) groups is 1. The molecule has 0 spiro atoms.